The van der Waals surface area contributed by atoms with E-state index in [-0.39, 0.29) is 6.42 Å². The summed E-state index contributed by atoms with van der Waals surface area (Å²) >= 11 is 0. The summed E-state index contributed by atoms with van der Waals surface area (Å²) in [5, 5.41) is 9.94. The molecule has 1 unspecified atom stereocenters. The van der Waals surface area contributed by atoms with Crippen LogP contribution in [0.4, 0.5) is 13.2 Å². The molecule has 1 aliphatic rings. The first-order valence-corrected chi connectivity index (χ1v) is 5.86. The van der Waals surface area contributed by atoms with Gasteiger partial charge in [-0.1, -0.05) is 0 Å². The second kappa shape index (κ2) is 6.02. The van der Waals surface area contributed by atoms with Crippen LogP contribution < -0.4 is 0 Å². The summed E-state index contributed by atoms with van der Waals surface area (Å²) in [4.78, 5) is 0. The Bertz CT molecular complexity index is 219. The lowest BCUT2D eigenvalue weighted by Crippen LogP contribution is -2.49. The number of hydrogen-bond donors (Lipinski definition) is 1. The van der Waals surface area contributed by atoms with E-state index in [0.29, 0.717) is 32.7 Å². The fraction of sp³-hybridized carbons (Fsp3) is 1.00. The summed E-state index contributed by atoms with van der Waals surface area (Å²) in [6.07, 6.45) is -5.74. The Kier molecular flexibility index (Phi) is 5.22. The molecule has 0 aromatic carbocycles. The van der Waals surface area contributed by atoms with Gasteiger partial charge in [-0.2, -0.15) is 13.2 Å². The first-order chi connectivity index (χ1) is 7.90. The number of hydrogen-bond acceptors (Lipinski definition) is 3. The predicted molar refractivity (Wildman–Crippen MR) is 55.7 cm³/mol. The Balaban J connectivity index is 2.56. The maximum absolute atomic E-state index is 12.1. The lowest BCUT2D eigenvalue weighted by atomic mass is 9.85. The molecular weight excluding hydrogens is 237 g/mol. The summed E-state index contributed by atoms with van der Waals surface area (Å²) in [7, 11) is 0. The van der Waals surface area contributed by atoms with Gasteiger partial charge in [0.1, 0.15) is 0 Å². The van der Waals surface area contributed by atoms with Crippen molar-refractivity contribution in [2.45, 2.75) is 50.5 Å². The lowest BCUT2D eigenvalue weighted by molar-refractivity contribution is -0.182. The van der Waals surface area contributed by atoms with Gasteiger partial charge in [-0.05, 0) is 13.3 Å². The van der Waals surface area contributed by atoms with Gasteiger partial charge in [0, 0.05) is 39.1 Å². The van der Waals surface area contributed by atoms with Crippen LogP contribution in [-0.2, 0) is 9.47 Å². The van der Waals surface area contributed by atoms with Crippen molar-refractivity contribution in [3.8, 4) is 0 Å². The molecule has 1 heterocycles. The highest BCUT2D eigenvalue weighted by atomic mass is 19.4. The van der Waals surface area contributed by atoms with Crippen molar-refractivity contribution < 1.29 is 27.8 Å². The highest BCUT2D eigenvalue weighted by Gasteiger charge is 2.42. The van der Waals surface area contributed by atoms with Gasteiger partial charge < -0.3 is 14.6 Å². The molecule has 0 aromatic rings. The molecule has 1 atom stereocenters. The zero-order valence-corrected chi connectivity index (χ0v) is 9.92. The van der Waals surface area contributed by atoms with E-state index in [1.165, 1.54) is 0 Å². The molecule has 0 aliphatic carbocycles. The molecule has 1 N–H and O–H groups in total. The van der Waals surface area contributed by atoms with Crippen molar-refractivity contribution in [2.75, 3.05) is 19.8 Å². The highest BCUT2D eigenvalue weighted by Crippen LogP contribution is 2.33. The second-order valence-corrected chi connectivity index (χ2v) is 4.28. The van der Waals surface area contributed by atoms with E-state index in [1.807, 2.05) is 0 Å². The third-order valence-electron chi connectivity index (χ3n) is 3.08. The van der Waals surface area contributed by atoms with Gasteiger partial charge in [-0.25, -0.2) is 0 Å². The van der Waals surface area contributed by atoms with Gasteiger partial charge >= 0.3 is 6.18 Å². The molecule has 17 heavy (non-hydrogen) atoms. The van der Waals surface area contributed by atoms with E-state index in [1.54, 1.807) is 6.92 Å². The third-order valence-corrected chi connectivity index (χ3v) is 3.08. The number of aliphatic hydroxyl groups excluding tert-OH is 1. The number of rotatable bonds is 5. The fourth-order valence-electron chi connectivity index (χ4n) is 2.14. The monoisotopic (exact) mass is 256 g/mol. The topological polar surface area (TPSA) is 38.7 Å². The van der Waals surface area contributed by atoms with Crippen LogP contribution in [0.15, 0.2) is 0 Å². The minimum Gasteiger partial charge on any atom is -0.390 e. The molecule has 0 radical (unpaired) electrons. The zero-order chi connectivity index (χ0) is 12.9. The average molecular weight is 256 g/mol. The second-order valence-electron chi connectivity index (χ2n) is 4.28. The molecule has 1 rings (SSSR count). The van der Waals surface area contributed by atoms with Crippen LogP contribution in [0.1, 0.15) is 32.6 Å². The van der Waals surface area contributed by atoms with E-state index in [4.69, 9.17) is 9.47 Å². The molecule has 1 fully saturated rings. The Morgan fingerprint density at radius 1 is 1.35 bits per heavy atom. The van der Waals surface area contributed by atoms with E-state index in [9.17, 15) is 18.3 Å². The Morgan fingerprint density at radius 2 is 1.94 bits per heavy atom. The van der Waals surface area contributed by atoms with Crippen LogP contribution in [0.2, 0.25) is 0 Å². The molecule has 102 valence electrons. The summed E-state index contributed by atoms with van der Waals surface area (Å²) in [6, 6.07) is 0. The van der Waals surface area contributed by atoms with Crippen LogP contribution in [-0.4, -0.2) is 42.8 Å². The fourth-order valence-corrected chi connectivity index (χ4v) is 2.14. The molecule has 1 saturated heterocycles. The van der Waals surface area contributed by atoms with E-state index in [0.717, 1.165) is 0 Å². The molecule has 0 bridgehead atoms. The van der Waals surface area contributed by atoms with Crippen LogP contribution in [0.25, 0.3) is 0 Å². The minimum atomic E-state index is -4.24. The van der Waals surface area contributed by atoms with Crippen LogP contribution in [0.3, 0.4) is 0 Å². The predicted octanol–water partition coefficient (Wildman–Crippen LogP) is 2.28. The maximum atomic E-state index is 12.1. The van der Waals surface area contributed by atoms with Gasteiger partial charge in [0.15, 0.2) is 0 Å². The Labute approximate surface area is 98.9 Å². The van der Waals surface area contributed by atoms with Crippen molar-refractivity contribution in [1.29, 1.82) is 0 Å². The number of alkyl halides is 3. The summed E-state index contributed by atoms with van der Waals surface area (Å²) in [6.45, 7) is 2.99. The molecule has 0 aromatic heterocycles. The number of halogens is 3. The number of aliphatic hydroxyl groups is 1. The van der Waals surface area contributed by atoms with Gasteiger partial charge in [-0.15, -0.1) is 0 Å². The number of ether oxygens (including phenoxy) is 2. The maximum Gasteiger partial charge on any atom is 0.389 e. The minimum absolute atomic E-state index is 0.316. The molecule has 3 nitrogen and oxygen atoms in total. The molecule has 6 heteroatoms. The van der Waals surface area contributed by atoms with Crippen molar-refractivity contribution in [3.63, 3.8) is 0 Å². The lowest BCUT2D eigenvalue weighted by Gasteiger charge is -2.40. The van der Waals surface area contributed by atoms with Crippen LogP contribution >= 0.6 is 0 Å². The largest absolute Gasteiger partial charge is 0.390 e. The molecular formula is C11H19F3O3. The van der Waals surface area contributed by atoms with Gasteiger partial charge in [0.2, 0.25) is 0 Å². The first kappa shape index (κ1) is 14.7. The van der Waals surface area contributed by atoms with E-state index < -0.39 is 24.3 Å². The Morgan fingerprint density at radius 3 is 2.41 bits per heavy atom. The van der Waals surface area contributed by atoms with Crippen molar-refractivity contribution in [2.24, 2.45) is 0 Å². The normalized spacial score (nSPS) is 22.4. The molecule has 1 aliphatic heterocycles. The van der Waals surface area contributed by atoms with Crippen molar-refractivity contribution in [1.82, 2.24) is 0 Å². The van der Waals surface area contributed by atoms with Crippen molar-refractivity contribution in [3.05, 3.63) is 0 Å². The SMILES string of the molecule is CCOC1(C(O)CCC(F)(F)F)CCOCC1. The summed E-state index contributed by atoms with van der Waals surface area (Å²) in [5.74, 6) is 0. The quantitative estimate of drug-likeness (QED) is 0.820. The van der Waals surface area contributed by atoms with Crippen LogP contribution in [0.5, 0.6) is 0 Å². The molecule has 0 saturated carbocycles. The standard InChI is InChI=1S/C11H19F3O3/c1-2-17-10(5-7-16-8-6-10)9(15)3-4-11(12,13)14/h9,15H,2-8H2,1H3. The van der Waals surface area contributed by atoms with Gasteiger partial charge in [0.05, 0.1) is 11.7 Å². The summed E-state index contributed by atoms with van der Waals surface area (Å²) in [5.41, 5.74) is -0.863. The smallest absolute Gasteiger partial charge is 0.389 e. The molecule has 0 spiro atoms. The summed E-state index contributed by atoms with van der Waals surface area (Å²) < 4.78 is 47.0. The average Bonchev–Trinajstić information content (AvgIpc) is 2.26. The zero-order valence-electron chi connectivity index (χ0n) is 9.92. The van der Waals surface area contributed by atoms with Gasteiger partial charge in [-0.3, -0.25) is 0 Å². The highest BCUT2D eigenvalue weighted by molar-refractivity contribution is 4.91. The third kappa shape index (κ3) is 4.44. The Hall–Kier alpha value is -0.330. The van der Waals surface area contributed by atoms with Gasteiger partial charge in [0.25, 0.3) is 0 Å². The van der Waals surface area contributed by atoms with E-state index >= 15 is 0 Å². The van der Waals surface area contributed by atoms with E-state index in [2.05, 4.69) is 0 Å². The first-order valence-electron chi connectivity index (χ1n) is 5.86. The molecule has 0 amide bonds. The van der Waals surface area contributed by atoms with Crippen molar-refractivity contribution >= 4 is 0 Å². The van der Waals surface area contributed by atoms with Crippen LogP contribution in [0, 0.1) is 0 Å².